The van der Waals surface area contributed by atoms with Crippen LogP contribution in [0.5, 0.6) is 11.5 Å². The predicted molar refractivity (Wildman–Crippen MR) is 117 cm³/mol. The monoisotopic (exact) mass is 450 g/mol. The average molecular weight is 450 g/mol. The zero-order chi connectivity index (χ0) is 23.5. The molecule has 0 aliphatic rings. The first kappa shape index (κ1) is 21.8. The van der Waals surface area contributed by atoms with Crippen LogP contribution >= 0.6 is 0 Å². The standard InChI is InChI=1S/C23H19FN4O5/c1-31-19-7-4-13(10-20(19)32-2)18-8-9-25-21-12-17(27-28(18)21)22(29)26-14-5-6-15(16(24)11-14)23(30)33-3/h4-12H,1-3H3,(H,26,29). The van der Waals surface area contributed by atoms with Crippen molar-refractivity contribution >= 4 is 23.2 Å². The van der Waals surface area contributed by atoms with Gasteiger partial charge in [-0.3, -0.25) is 4.79 Å². The van der Waals surface area contributed by atoms with Crippen molar-refractivity contribution in [2.24, 2.45) is 0 Å². The summed E-state index contributed by atoms with van der Waals surface area (Å²) in [6.45, 7) is 0. The summed E-state index contributed by atoms with van der Waals surface area (Å²) in [6.07, 6.45) is 1.60. The van der Waals surface area contributed by atoms with Gasteiger partial charge >= 0.3 is 5.97 Å². The maximum atomic E-state index is 14.2. The molecule has 2 heterocycles. The minimum atomic E-state index is -0.813. The molecule has 0 saturated heterocycles. The second-order valence-electron chi connectivity index (χ2n) is 6.84. The van der Waals surface area contributed by atoms with Crippen LogP contribution in [0, 0.1) is 5.82 Å². The molecule has 0 spiro atoms. The van der Waals surface area contributed by atoms with E-state index >= 15 is 0 Å². The van der Waals surface area contributed by atoms with E-state index in [0.717, 1.165) is 18.7 Å². The molecule has 33 heavy (non-hydrogen) atoms. The van der Waals surface area contributed by atoms with E-state index < -0.39 is 17.7 Å². The van der Waals surface area contributed by atoms with Crippen molar-refractivity contribution in [3.63, 3.8) is 0 Å². The third-order valence-electron chi connectivity index (χ3n) is 4.90. The number of halogens is 1. The number of methoxy groups -OCH3 is 3. The summed E-state index contributed by atoms with van der Waals surface area (Å²) in [5.74, 6) is -1.06. The quantitative estimate of drug-likeness (QED) is 0.448. The van der Waals surface area contributed by atoms with Gasteiger partial charge in [0.25, 0.3) is 5.91 Å². The van der Waals surface area contributed by atoms with Gasteiger partial charge in [-0.1, -0.05) is 0 Å². The van der Waals surface area contributed by atoms with Crippen molar-refractivity contribution in [3.8, 4) is 22.8 Å². The predicted octanol–water partition coefficient (Wildman–Crippen LogP) is 3.59. The molecule has 2 aromatic carbocycles. The number of carbonyl (C=O) groups excluding carboxylic acids is 2. The second-order valence-corrected chi connectivity index (χ2v) is 6.84. The molecule has 1 amide bonds. The summed E-state index contributed by atoms with van der Waals surface area (Å²) in [5.41, 5.74) is 1.90. The van der Waals surface area contributed by atoms with Gasteiger partial charge in [0.1, 0.15) is 5.82 Å². The van der Waals surface area contributed by atoms with Crippen LogP contribution < -0.4 is 14.8 Å². The highest BCUT2D eigenvalue weighted by Crippen LogP contribution is 2.32. The molecule has 168 valence electrons. The highest BCUT2D eigenvalue weighted by atomic mass is 19.1. The number of aromatic nitrogens is 3. The Morgan fingerprint density at radius 2 is 1.76 bits per heavy atom. The number of anilines is 1. The Labute approximate surface area is 187 Å². The molecular weight excluding hydrogens is 431 g/mol. The lowest BCUT2D eigenvalue weighted by molar-refractivity contribution is 0.0595. The first-order valence-corrected chi connectivity index (χ1v) is 9.71. The lowest BCUT2D eigenvalue weighted by atomic mass is 10.1. The van der Waals surface area contributed by atoms with Crippen LogP contribution in [0.1, 0.15) is 20.8 Å². The van der Waals surface area contributed by atoms with Crippen LogP contribution in [-0.2, 0) is 4.74 Å². The molecule has 1 N–H and O–H groups in total. The minimum Gasteiger partial charge on any atom is -0.493 e. The number of nitrogens with zero attached hydrogens (tertiary/aromatic N) is 3. The Morgan fingerprint density at radius 3 is 2.45 bits per heavy atom. The average Bonchev–Trinajstić information content (AvgIpc) is 3.28. The van der Waals surface area contributed by atoms with Gasteiger partial charge < -0.3 is 19.5 Å². The van der Waals surface area contributed by atoms with Gasteiger partial charge in [0.2, 0.25) is 0 Å². The van der Waals surface area contributed by atoms with Crippen molar-refractivity contribution in [2.45, 2.75) is 0 Å². The van der Waals surface area contributed by atoms with Crippen LogP contribution in [0.15, 0.2) is 54.7 Å². The van der Waals surface area contributed by atoms with Crippen LogP contribution in [0.25, 0.3) is 16.9 Å². The Kier molecular flexibility index (Phi) is 5.90. The van der Waals surface area contributed by atoms with E-state index in [-0.39, 0.29) is 16.9 Å². The number of hydrogen-bond acceptors (Lipinski definition) is 7. The van der Waals surface area contributed by atoms with Gasteiger partial charge in [-0.2, -0.15) is 5.10 Å². The lowest BCUT2D eigenvalue weighted by Crippen LogP contribution is -2.13. The summed E-state index contributed by atoms with van der Waals surface area (Å²) >= 11 is 0. The van der Waals surface area contributed by atoms with E-state index in [4.69, 9.17) is 9.47 Å². The molecule has 0 radical (unpaired) electrons. The van der Waals surface area contributed by atoms with Crippen molar-refractivity contribution in [1.29, 1.82) is 0 Å². The number of ether oxygens (including phenoxy) is 3. The zero-order valence-electron chi connectivity index (χ0n) is 18.0. The highest BCUT2D eigenvalue weighted by molar-refractivity contribution is 6.03. The van der Waals surface area contributed by atoms with Crippen LogP contribution in [-0.4, -0.2) is 47.8 Å². The van der Waals surface area contributed by atoms with Crippen LogP contribution in [0.4, 0.5) is 10.1 Å². The molecule has 0 unspecified atom stereocenters. The van der Waals surface area contributed by atoms with Gasteiger partial charge in [-0.25, -0.2) is 18.7 Å². The molecule has 0 aliphatic carbocycles. The molecule has 4 aromatic rings. The van der Waals surface area contributed by atoms with Gasteiger partial charge in [0.15, 0.2) is 22.8 Å². The van der Waals surface area contributed by atoms with Crippen molar-refractivity contribution in [2.75, 3.05) is 26.6 Å². The van der Waals surface area contributed by atoms with E-state index in [1.54, 1.807) is 38.6 Å². The van der Waals surface area contributed by atoms with Gasteiger partial charge in [0.05, 0.1) is 32.6 Å². The van der Waals surface area contributed by atoms with E-state index in [9.17, 15) is 14.0 Å². The fourth-order valence-corrected chi connectivity index (χ4v) is 3.28. The lowest BCUT2D eigenvalue weighted by Gasteiger charge is -2.10. The molecule has 9 nitrogen and oxygen atoms in total. The number of amides is 1. The van der Waals surface area contributed by atoms with Gasteiger partial charge in [0, 0.05) is 23.5 Å². The number of esters is 1. The summed E-state index contributed by atoms with van der Waals surface area (Å²) in [6, 6.07) is 12.3. The SMILES string of the molecule is COC(=O)c1ccc(NC(=O)c2cc3nccc(-c4ccc(OC)c(OC)c4)n3n2)cc1F. The van der Waals surface area contributed by atoms with E-state index in [1.807, 2.05) is 6.07 Å². The van der Waals surface area contributed by atoms with Crippen molar-refractivity contribution in [1.82, 2.24) is 14.6 Å². The topological polar surface area (TPSA) is 104 Å². The van der Waals surface area contributed by atoms with Crippen molar-refractivity contribution < 1.29 is 28.2 Å². The summed E-state index contributed by atoms with van der Waals surface area (Å²) < 4.78 is 30.8. The molecule has 4 rings (SSSR count). The second kappa shape index (κ2) is 8.95. The number of hydrogen-bond donors (Lipinski definition) is 1. The maximum Gasteiger partial charge on any atom is 0.340 e. The number of benzene rings is 2. The number of fused-ring (bicyclic) bond motifs is 1. The molecule has 0 fully saturated rings. The highest BCUT2D eigenvalue weighted by Gasteiger charge is 2.17. The Morgan fingerprint density at radius 1 is 0.970 bits per heavy atom. The Hall–Kier alpha value is -4.47. The largest absolute Gasteiger partial charge is 0.493 e. The molecule has 2 aromatic heterocycles. The molecule has 0 saturated carbocycles. The fourth-order valence-electron chi connectivity index (χ4n) is 3.28. The fraction of sp³-hybridized carbons (Fsp3) is 0.130. The first-order valence-electron chi connectivity index (χ1n) is 9.71. The smallest absolute Gasteiger partial charge is 0.340 e. The summed E-state index contributed by atoms with van der Waals surface area (Å²) in [7, 11) is 4.25. The molecule has 0 atom stereocenters. The van der Waals surface area contributed by atoms with E-state index in [1.165, 1.54) is 22.7 Å². The van der Waals surface area contributed by atoms with Crippen LogP contribution in [0.3, 0.4) is 0 Å². The normalized spacial score (nSPS) is 10.7. The minimum absolute atomic E-state index is 0.0767. The summed E-state index contributed by atoms with van der Waals surface area (Å²) in [5, 5.41) is 6.93. The van der Waals surface area contributed by atoms with Crippen LogP contribution in [0.2, 0.25) is 0 Å². The molecule has 0 aliphatic heterocycles. The Bertz CT molecular complexity index is 1370. The first-order chi connectivity index (χ1) is 15.9. The number of nitrogens with one attached hydrogen (secondary N) is 1. The van der Waals surface area contributed by atoms with E-state index in [0.29, 0.717) is 22.8 Å². The molecule has 10 heteroatoms. The van der Waals surface area contributed by atoms with Gasteiger partial charge in [-0.15, -0.1) is 0 Å². The maximum absolute atomic E-state index is 14.2. The Balaban J connectivity index is 1.65. The van der Waals surface area contributed by atoms with Gasteiger partial charge in [-0.05, 0) is 42.5 Å². The van der Waals surface area contributed by atoms with Crippen molar-refractivity contribution in [3.05, 3.63) is 71.8 Å². The summed E-state index contributed by atoms with van der Waals surface area (Å²) in [4.78, 5) is 28.5. The third kappa shape index (κ3) is 4.18. The number of carbonyl (C=O) groups is 2. The molecule has 0 bridgehead atoms. The molecular formula is C23H19FN4O5. The third-order valence-corrected chi connectivity index (χ3v) is 4.90. The van der Waals surface area contributed by atoms with E-state index in [2.05, 4.69) is 20.1 Å². The zero-order valence-corrected chi connectivity index (χ0v) is 18.0. The number of rotatable bonds is 6.